The Hall–Kier alpha value is -1.35. The largest absolute Gasteiger partial charge is 0.395 e. The van der Waals surface area contributed by atoms with Crippen LogP contribution in [0.1, 0.15) is 62.4 Å². The monoisotopic (exact) mass is 277 g/mol. The average Bonchev–Trinajstić information content (AvgIpc) is 2.47. The minimum Gasteiger partial charge on any atom is -0.395 e. The van der Waals surface area contributed by atoms with E-state index in [1.807, 2.05) is 24.3 Å². The van der Waals surface area contributed by atoms with Gasteiger partial charge < -0.3 is 10.0 Å². The number of rotatable bonds is 7. The van der Waals surface area contributed by atoms with Crippen molar-refractivity contribution in [2.45, 2.75) is 52.5 Å². The molecule has 1 N–H and O–H groups in total. The van der Waals surface area contributed by atoms with Gasteiger partial charge in [-0.15, -0.1) is 0 Å². The van der Waals surface area contributed by atoms with Crippen molar-refractivity contribution in [1.82, 2.24) is 4.90 Å². The Morgan fingerprint density at radius 3 is 2.10 bits per heavy atom. The summed E-state index contributed by atoms with van der Waals surface area (Å²) in [6.45, 7) is 8.84. The molecule has 112 valence electrons. The number of carbonyl (C=O) groups is 1. The van der Waals surface area contributed by atoms with Crippen LogP contribution in [-0.2, 0) is 0 Å². The highest BCUT2D eigenvalue weighted by atomic mass is 16.3. The van der Waals surface area contributed by atoms with E-state index in [0.29, 0.717) is 18.0 Å². The SMILES string of the molecule is CCC(CC)N(CCO)C(=O)c1ccc(C(C)C)cc1. The molecule has 0 unspecified atom stereocenters. The fourth-order valence-electron chi connectivity index (χ4n) is 2.46. The van der Waals surface area contributed by atoms with E-state index in [1.54, 1.807) is 4.90 Å². The van der Waals surface area contributed by atoms with Gasteiger partial charge in [-0.2, -0.15) is 0 Å². The van der Waals surface area contributed by atoms with Gasteiger partial charge in [0.2, 0.25) is 0 Å². The summed E-state index contributed by atoms with van der Waals surface area (Å²) >= 11 is 0. The molecule has 0 aliphatic rings. The summed E-state index contributed by atoms with van der Waals surface area (Å²) < 4.78 is 0. The minimum absolute atomic E-state index is 0.00627. The zero-order valence-corrected chi connectivity index (χ0v) is 13.1. The van der Waals surface area contributed by atoms with Crippen molar-refractivity contribution < 1.29 is 9.90 Å². The molecule has 0 heterocycles. The highest BCUT2D eigenvalue weighted by molar-refractivity contribution is 5.94. The first-order chi connectivity index (χ1) is 9.54. The first-order valence-electron chi connectivity index (χ1n) is 7.56. The predicted molar refractivity (Wildman–Crippen MR) is 83.0 cm³/mol. The molecule has 0 saturated heterocycles. The van der Waals surface area contributed by atoms with Gasteiger partial charge in [-0.3, -0.25) is 4.79 Å². The summed E-state index contributed by atoms with van der Waals surface area (Å²) in [7, 11) is 0. The van der Waals surface area contributed by atoms with E-state index in [9.17, 15) is 9.90 Å². The van der Waals surface area contributed by atoms with E-state index in [-0.39, 0.29) is 18.6 Å². The molecule has 0 bridgehead atoms. The topological polar surface area (TPSA) is 40.5 Å². The number of hydrogen-bond acceptors (Lipinski definition) is 2. The predicted octanol–water partition coefficient (Wildman–Crippen LogP) is 3.43. The van der Waals surface area contributed by atoms with Crippen molar-refractivity contribution in [3.8, 4) is 0 Å². The Morgan fingerprint density at radius 1 is 1.15 bits per heavy atom. The molecule has 0 spiro atoms. The van der Waals surface area contributed by atoms with Gasteiger partial charge in [0, 0.05) is 18.2 Å². The van der Waals surface area contributed by atoms with Gasteiger partial charge in [-0.05, 0) is 36.5 Å². The van der Waals surface area contributed by atoms with E-state index in [0.717, 1.165) is 12.8 Å². The molecule has 0 aromatic heterocycles. The first kappa shape index (κ1) is 16.7. The molecule has 20 heavy (non-hydrogen) atoms. The summed E-state index contributed by atoms with van der Waals surface area (Å²) in [4.78, 5) is 14.4. The fraction of sp³-hybridized carbons (Fsp3) is 0.588. The van der Waals surface area contributed by atoms with Crippen LogP contribution in [0.5, 0.6) is 0 Å². The Kier molecular flexibility index (Phi) is 6.73. The molecule has 0 radical (unpaired) electrons. The van der Waals surface area contributed by atoms with Crippen molar-refractivity contribution in [3.63, 3.8) is 0 Å². The fourth-order valence-corrected chi connectivity index (χ4v) is 2.46. The Balaban J connectivity index is 2.93. The molecular formula is C17H27NO2. The van der Waals surface area contributed by atoms with Gasteiger partial charge in [0.05, 0.1) is 6.61 Å². The molecule has 0 saturated carbocycles. The van der Waals surface area contributed by atoms with E-state index < -0.39 is 0 Å². The molecule has 1 rings (SSSR count). The first-order valence-corrected chi connectivity index (χ1v) is 7.56. The maximum absolute atomic E-state index is 12.6. The lowest BCUT2D eigenvalue weighted by atomic mass is 10.0. The lowest BCUT2D eigenvalue weighted by Crippen LogP contribution is -2.41. The maximum atomic E-state index is 12.6. The van der Waals surface area contributed by atoms with Gasteiger partial charge in [0.25, 0.3) is 5.91 Å². The van der Waals surface area contributed by atoms with E-state index in [2.05, 4.69) is 27.7 Å². The van der Waals surface area contributed by atoms with Gasteiger partial charge in [-0.1, -0.05) is 39.8 Å². The number of nitrogens with zero attached hydrogens (tertiary/aromatic N) is 1. The summed E-state index contributed by atoms with van der Waals surface area (Å²) in [5.41, 5.74) is 1.94. The third-order valence-electron chi connectivity index (χ3n) is 3.81. The number of aliphatic hydroxyl groups is 1. The maximum Gasteiger partial charge on any atom is 0.254 e. The molecule has 1 aromatic rings. The zero-order chi connectivity index (χ0) is 15.1. The van der Waals surface area contributed by atoms with Crippen LogP contribution in [0.3, 0.4) is 0 Å². The molecule has 3 nitrogen and oxygen atoms in total. The summed E-state index contributed by atoms with van der Waals surface area (Å²) in [6, 6.07) is 8.01. The van der Waals surface area contributed by atoms with Crippen LogP contribution >= 0.6 is 0 Å². The summed E-state index contributed by atoms with van der Waals surface area (Å²) in [5.74, 6) is 0.481. The van der Waals surface area contributed by atoms with Gasteiger partial charge in [-0.25, -0.2) is 0 Å². The van der Waals surface area contributed by atoms with Crippen LogP contribution < -0.4 is 0 Å². The molecule has 0 fully saturated rings. The third-order valence-corrected chi connectivity index (χ3v) is 3.81. The van der Waals surface area contributed by atoms with Crippen LogP contribution in [-0.4, -0.2) is 35.1 Å². The molecule has 1 amide bonds. The van der Waals surface area contributed by atoms with Crippen molar-refractivity contribution in [2.75, 3.05) is 13.2 Å². The van der Waals surface area contributed by atoms with Crippen LogP contribution in [0.15, 0.2) is 24.3 Å². The van der Waals surface area contributed by atoms with Crippen LogP contribution in [0.4, 0.5) is 0 Å². The Bertz CT molecular complexity index is 408. The van der Waals surface area contributed by atoms with Gasteiger partial charge in [0.15, 0.2) is 0 Å². The van der Waals surface area contributed by atoms with Crippen LogP contribution in [0, 0.1) is 0 Å². The lowest BCUT2D eigenvalue weighted by molar-refractivity contribution is 0.0622. The Morgan fingerprint density at radius 2 is 1.70 bits per heavy atom. The molecular weight excluding hydrogens is 250 g/mol. The number of carbonyl (C=O) groups excluding carboxylic acids is 1. The normalized spacial score (nSPS) is 11.2. The molecule has 1 aromatic carbocycles. The van der Waals surface area contributed by atoms with E-state index in [4.69, 9.17) is 0 Å². The minimum atomic E-state index is 0.00627. The van der Waals surface area contributed by atoms with Crippen molar-refractivity contribution in [2.24, 2.45) is 0 Å². The second kappa shape index (κ2) is 8.05. The third kappa shape index (κ3) is 4.07. The Labute approximate surface area is 122 Å². The molecule has 0 atom stereocenters. The van der Waals surface area contributed by atoms with Crippen molar-refractivity contribution in [1.29, 1.82) is 0 Å². The van der Waals surface area contributed by atoms with Gasteiger partial charge in [0.1, 0.15) is 0 Å². The van der Waals surface area contributed by atoms with Crippen LogP contribution in [0.2, 0.25) is 0 Å². The smallest absolute Gasteiger partial charge is 0.254 e. The van der Waals surface area contributed by atoms with E-state index >= 15 is 0 Å². The second-order valence-electron chi connectivity index (χ2n) is 5.47. The van der Waals surface area contributed by atoms with Gasteiger partial charge >= 0.3 is 0 Å². The summed E-state index contributed by atoms with van der Waals surface area (Å²) in [6.07, 6.45) is 1.82. The highest BCUT2D eigenvalue weighted by Crippen LogP contribution is 2.17. The van der Waals surface area contributed by atoms with E-state index in [1.165, 1.54) is 5.56 Å². The quantitative estimate of drug-likeness (QED) is 0.829. The number of amides is 1. The molecule has 3 heteroatoms. The van der Waals surface area contributed by atoms with Crippen molar-refractivity contribution in [3.05, 3.63) is 35.4 Å². The zero-order valence-electron chi connectivity index (χ0n) is 13.1. The van der Waals surface area contributed by atoms with Crippen molar-refractivity contribution >= 4 is 5.91 Å². The van der Waals surface area contributed by atoms with Crippen LogP contribution in [0.25, 0.3) is 0 Å². The second-order valence-corrected chi connectivity index (χ2v) is 5.47. The standard InChI is InChI=1S/C17H27NO2/c1-5-16(6-2)18(11-12-19)17(20)15-9-7-14(8-10-15)13(3)4/h7-10,13,16,19H,5-6,11-12H2,1-4H3. The lowest BCUT2D eigenvalue weighted by Gasteiger charge is -2.30. The molecule has 0 aliphatic heterocycles. The average molecular weight is 277 g/mol. The number of hydrogen-bond donors (Lipinski definition) is 1. The highest BCUT2D eigenvalue weighted by Gasteiger charge is 2.21. The number of aliphatic hydroxyl groups excluding tert-OH is 1. The number of benzene rings is 1. The molecule has 0 aliphatic carbocycles. The summed E-state index contributed by atoms with van der Waals surface area (Å²) in [5, 5.41) is 9.20.